The predicted octanol–water partition coefficient (Wildman–Crippen LogP) is 7.18. The SMILES string of the molecule is CCCCCCCCC=CCCCCCCCC1(O)CCC1C. The van der Waals surface area contributed by atoms with E-state index in [1.807, 2.05) is 0 Å². The maximum atomic E-state index is 10.3. The highest BCUT2D eigenvalue weighted by molar-refractivity contribution is 4.93. The molecule has 1 N–H and O–H groups in total. The van der Waals surface area contributed by atoms with Crippen molar-refractivity contribution in [1.82, 2.24) is 0 Å². The lowest BCUT2D eigenvalue weighted by molar-refractivity contribution is -0.0934. The summed E-state index contributed by atoms with van der Waals surface area (Å²) >= 11 is 0. The first-order valence-corrected chi connectivity index (χ1v) is 10.6. The van der Waals surface area contributed by atoms with E-state index >= 15 is 0 Å². The summed E-state index contributed by atoms with van der Waals surface area (Å²) < 4.78 is 0. The maximum absolute atomic E-state index is 10.3. The Balaban J connectivity index is 1.76. The topological polar surface area (TPSA) is 20.2 Å². The second-order valence-corrected chi connectivity index (χ2v) is 7.88. The van der Waals surface area contributed by atoms with Gasteiger partial charge in [-0.15, -0.1) is 0 Å². The van der Waals surface area contributed by atoms with Gasteiger partial charge in [0.2, 0.25) is 0 Å². The zero-order valence-corrected chi connectivity index (χ0v) is 16.0. The maximum Gasteiger partial charge on any atom is 0.0673 e. The Morgan fingerprint density at radius 3 is 1.83 bits per heavy atom. The largest absolute Gasteiger partial charge is 0.390 e. The summed E-state index contributed by atoms with van der Waals surface area (Å²) in [5, 5.41) is 10.3. The van der Waals surface area contributed by atoms with Crippen molar-refractivity contribution >= 4 is 0 Å². The van der Waals surface area contributed by atoms with Crippen LogP contribution in [-0.2, 0) is 0 Å². The number of aliphatic hydroxyl groups is 1. The van der Waals surface area contributed by atoms with E-state index in [2.05, 4.69) is 26.0 Å². The van der Waals surface area contributed by atoms with E-state index in [1.165, 1.54) is 89.9 Å². The number of hydrogen-bond donors (Lipinski definition) is 1. The molecule has 0 aliphatic heterocycles. The molecule has 0 saturated heterocycles. The predicted molar refractivity (Wildman–Crippen MR) is 103 cm³/mol. The van der Waals surface area contributed by atoms with Crippen LogP contribution >= 0.6 is 0 Å². The van der Waals surface area contributed by atoms with Crippen LogP contribution in [0.25, 0.3) is 0 Å². The molecule has 0 aromatic rings. The zero-order valence-electron chi connectivity index (χ0n) is 16.0. The smallest absolute Gasteiger partial charge is 0.0673 e. The van der Waals surface area contributed by atoms with Crippen LogP contribution in [0.15, 0.2) is 12.2 Å². The Morgan fingerprint density at radius 1 is 0.826 bits per heavy atom. The second-order valence-electron chi connectivity index (χ2n) is 7.88. The second kappa shape index (κ2) is 13.0. The van der Waals surface area contributed by atoms with Gasteiger partial charge in [-0.2, -0.15) is 0 Å². The Morgan fingerprint density at radius 2 is 1.35 bits per heavy atom. The van der Waals surface area contributed by atoms with Crippen LogP contribution in [0.5, 0.6) is 0 Å². The first-order chi connectivity index (χ1) is 11.2. The summed E-state index contributed by atoms with van der Waals surface area (Å²) in [5.41, 5.74) is -0.292. The summed E-state index contributed by atoms with van der Waals surface area (Å²) in [6.45, 7) is 4.47. The number of rotatable bonds is 15. The quantitative estimate of drug-likeness (QED) is 0.250. The third kappa shape index (κ3) is 9.55. The van der Waals surface area contributed by atoms with E-state index in [1.54, 1.807) is 0 Å². The van der Waals surface area contributed by atoms with Crippen molar-refractivity contribution in [2.75, 3.05) is 0 Å². The van der Waals surface area contributed by atoms with Crippen LogP contribution in [-0.4, -0.2) is 10.7 Å². The molecule has 2 atom stereocenters. The third-order valence-electron chi connectivity index (χ3n) is 5.80. The average molecular weight is 323 g/mol. The molecule has 23 heavy (non-hydrogen) atoms. The molecule has 136 valence electrons. The molecule has 2 unspecified atom stereocenters. The summed E-state index contributed by atoms with van der Waals surface area (Å²) in [6, 6.07) is 0. The van der Waals surface area contributed by atoms with Crippen LogP contribution in [0.3, 0.4) is 0 Å². The first kappa shape index (κ1) is 20.7. The molecule has 1 heteroatoms. The molecule has 1 aliphatic carbocycles. The molecule has 0 spiro atoms. The fraction of sp³-hybridized carbons (Fsp3) is 0.909. The lowest BCUT2D eigenvalue weighted by Gasteiger charge is -2.43. The Labute approximate surface area is 146 Å². The highest BCUT2D eigenvalue weighted by atomic mass is 16.3. The first-order valence-electron chi connectivity index (χ1n) is 10.6. The van der Waals surface area contributed by atoms with Gasteiger partial charge in [-0.1, -0.05) is 83.8 Å². The van der Waals surface area contributed by atoms with Gasteiger partial charge < -0.3 is 5.11 Å². The minimum atomic E-state index is -0.292. The molecule has 0 heterocycles. The summed E-state index contributed by atoms with van der Waals surface area (Å²) in [4.78, 5) is 0. The van der Waals surface area contributed by atoms with Crippen LogP contribution in [0.1, 0.15) is 117 Å². The van der Waals surface area contributed by atoms with Gasteiger partial charge in [0.15, 0.2) is 0 Å². The van der Waals surface area contributed by atoms with Crippen molar-refractivity contribution in [1.29, 1.82) is 0 Å². The summed E-state index contributed by atoms with van der Waals surface area (Å²) in [5.74, 6) is 0.541. The zero-order chi connectivity index (χ0) is 16.8. The van der Waals surface area contributed by atoms with E-state index in [-0.39, 0.29) is 5.60 Å². The van der Waals surface area contributed by atoms with Crippen LogP contribution in [0, 0.1) is 5.92 Å². The lowest BCUT2D eigenvalue weighted by Crippen LogP contribution is -2.45. The monoisotopic (exact) mass is 322 g/mol. The normalized spacial score (nSPS) is 24.2. The highest BCUT2D eigenvalue weighted by Gasteiger charge is 2.40. The molecule has 1 rings (SSSR count). The van der Waals surface area contributed by atoms with Gasteiger partial charge in [0.05, 0.1) is 5.60 Å². The van der Waals surface area contributed by atoms with Crippen molar-refractivity contribution < 1.29 is 5.11 Å². The Bertz CT molecular complexity index is 296. The number of hydrogen-bond acceptors (Lipinski definition) is 1. The van der Waals surface area contributed by atoms with Gasteiger partial charge in [-0.25, -0.2) is 0 Å². The minimum Gasteiger partial charge on any atom is -0.390 e. The summed E-state index contributed by atoms with van der Waals surface area (Å²) in [6.07, 6.45) is 25.6. The molecule has 0 bridgehead atoms. The molecular weight excluding hydrogens is 280 g/mol. The van der Waals surface area contributed by atoms with Gasteiger partial charge in [0.25, 0.3) is 0 Å². The Kier molecular flexibility index (Phi) is 11.8. The molecular formula is C22H42O. The fourth-order valence-electron chi connectivity index (χ4n) is 3.64. The van der Waals surface area contributed by atoms with Crippen LogP contribution in [0.2, 0.25) is 0 Å². The average Bonchev–Trinajstić information content (AvgIpc) is 2.56. The van der Waals surface area contributed by atoms with E-state index in [9.17, 15) is 5.11 Å². The van der Waals surface area contributed by atoms with E-state index in [0.717, 1.165) is 12.8 Å². The molecule has 1 aliphatic rings. The van der Waals surface area contributed by atoms with Crippen molar-refractivity contribution in [2.45, 2.75) is 122 Å². The van der Waals surface area contributed by atoms with Crippen molar-refractivity contribution in [3.63, 3.8) is 0 Å². The van der Waals surface area contributed by atoms with Gasteiger partial charge in [-0.05, 0) is 50.9 Å². The molecule has 0 radical (unpaired) electrons. The van der Waals surface area contributed by atoms with E-state index in [0.29, 0.717) is 5.92 Å². The van der Waals surface area contributed by atoms with Crippen molar-refractivity contribution in [3.8, 4) is 0 Å². The molecule has 1 fully saturated rings. The van der Waals surface area contributed by atoms with Crippen molar-refractivity contribution in [2.24, 2.45) is 5.92 Å². The molecule has 0 amide bonds. The number of unbranched alkanes of at least 4 members (excludes halogenated alkanes) is 11. The van der Waals surface area contributed by atoms with Crippen molar-refractivity contribution in [3.05, 3.63) is 12.2 Å². The van der Waals surface area contributed by atoms with Gasteiger partial charge in [0.1, 0.15) is 0 Å². The Hall–Kier alpha value is -0.300. The standard InChI is InChI=1S/C22H42O/c1-3-4-5-6-7-8-9-10-11-12-13-14-15-16-17-19-22(23)20-18-21(22)2/h10-11,21,23H,3-9,12-20H2,1-2H3. The molecule has 1 saturated carbocycles. The molecule has 0 aromatic heterocycles. The lowest BCUT2D eigenvalue weighted by atomic mass is 9.68. The third-order valence-corrected chi connectivity index (χ3v) is 5.80. The highest BCUT2D eigenvalue weighted by Crippen LogP contribution is 2.41. The molecule has 0 aromatic carbocycles. The van der Waals surface area contributed by atoms with Gasteiger partial charge in [0, 0.05) is 0 Å². The van der Waals surface area contributed by atoms with E-state index in [4.69, 9.17) is 0 Å². The van der Waals surface area contributed by atoms with Crippen LogP contribution in [0.4, 0.5) is 0 Å². The summed E-state index contributed by atoms with van der Waals surface area (Å²) in [7, 11) is 0. The van der Waals surface area contributed by atoms with Gasteiger partial charge in [-0.3, -0.25) is 0 Å². The number of allylic oxidation sites excluding steroid dienone is 2. The van der Waals surface area contributed by atoms with Crippen LogP contribution < -0.4 is 0 Å². The van der Waals surface area contributed by atoms with E-state index < -0.39 is 0 Å². The molecule has 1 nitrogen and oxygen atoms in total. The van der Waals surface area contributed by atoms with Gasteiger partial charge >= 0.3 is 0 Å². The minimum absolute atomic E-state index is 0.292. The fourth-order valence-corrected chi connectivity index (χ4v) is 3.64.